The summed E-state index contributed by atoms with van der Waals surface area (Å²) in [7, 11) is 1.33. The van der Waals surface area contributed by atoms with Crippen LogP contribution in [-0.2, 0) is 4.74 Å². The number of ether oxygens (including phenoxy) is 1. The number of esters is 1. The van der Waals surface area contributed by atoms with Crippen molar-refractivity contribution < 1.29 is 19.4 Å². The first kappa shape index (κ1) is 25.2. The summed E-state index contributed by atoms with van der Waals surface area (Å²) in [4.78, 5) is 34.9. The van der Waals surface area contributed by atoms with Crippen LogP contribution < -0.4 is 5.32 Å². The van der Waals surface area contributed by atoms with E-state index in [0.29, 0.717) is 52.1 Å². The van der Waals surface area contributed by atoms with Crippen LogP contribution in [-0.4, -0.2) is 64.9 Å². The van der Waals surface area contributed by atoms with Crippen LogP contribution in [0.25, 0.3) is 10.9 Å². The van der Waals surface area contributed by atoms with Crippen molar-refractivity contribution in [2.75, 3.05) is 20.2 Å². The molecular weight excluding hydrogens is 480 g/mol. The van der Waals surface area contributed by atoms with Crippen LogP contribution in [0.2, 0.25) is 0 Å². The number of carbonyl (C=O) groups is 2. The van der Waals surface area contributed by atoms with E-state index in [-0.39, 0.29) is 23.9 Å². The Labute approximate surface area is 221 Å². The summed E-state index contributed by atoms with van der Waals surface area (Å²) < 4.78 is 4.82. The van der Waals surface area contributed by atoms with Gasteiger partial charge in [0.1, 0.15) is 0 Å². The Hall–Kier alpha value is -4.43. The molecule has 194 valence electrons. The molecule has 1 amide bonds. The summed E-state index contributed by atoms with van der Waals surface area (Å²) in [6.07, 6.45) is 0. The van der Waals surface area contributed by atoms with Crippen molar-refractivity contribution >= 4 is 34.2 Å². The maximum absolute atomic E-state index is 13.1. The molecular formula is C30H30N4O4. The summed E-state index contributed by atoms with van der Waals surface area (Å²) in [6, 6.07) is 22.3. The Morgan fingerprint density at radius 3 is 2.24 bits per heavy atom. The number of piperazine rings is 1. The average Bonchev–Trinajstić information content (AvgIpc) is 3.25. The van der Waals surface area contributed by atoms with E-state index in [4.69, 9.17) is 9.73 Å². The number of aromatic amines is 1. The van der Waals surface area contributed by atoms with Gasteiger partial charge in [-0.1, -0.05) is 36.4 Å². The van der Waals surface area contributed by atoms with Crippen LogP contribution in [0.15, 0.2) is 77.8 Å². The number of hydrogen-bond donors (Lipinski definition) is 3. The third kappa shape index (κ3) is 5.03. The number of amides is 1. The molecule has 0 saturated carbocycles. The zero-order chi connectivity index (χ0) is 26.8. The fraction of sp³-hybridized carbons (Fsp3) is 0.233. The van der Waals surface area contributed by atoms with Gasteiger partial charge < -0.3 is 25.0 Å². The van der Waals surface area contributed by atoms with Gasteiger partial charge >= 0.3 is 5.97 Å². The molecule has 4 aromatic rings. The van der Waals surface area contributed by atoms with E-state index in [2.05, 4.69) is 24.1 Å². The molecule has 8 nitrogen and oxygen atoms in total. The molecule has 1 fully saturated rings. The van der Waals surface area contributed by atoms with Crippen molar-refractivity contribution in [3.05, 3.63) is 95.1 Å². The fourth-order valence-corrected chi connectivity index (χ4v) is 5.01. The van der Waals surface area contributed by atoms with Crippen molar-refractivity contribution in [2.45, 2.75) is 25.9 Å². The first-order chi connectivity index (χ1) is 18.3. The second-order valence-electron chi connectivity index (χ2n) is 9.65. The van der Waals surface area contributed by atoms with E-state index >= 15 is 0 Å². The first-order valence-corrected chi connectivity index (χ1v) is 12.6. The zero-order valence-electron chi connectivity index (χ0n) is 21.6. The molecule has 0 radical (unpaired) electrons. The van der Waals surface area contributed by atoms with Crippen molar-refractivity contribution in [3.63, 3.8) is 0 Å². The minimum atomic E-state index is -0.459. The molecule has 1 saturated heterocycles. The van der Waals surface area contributed by atoms with Crippen molar-refractivity contribution in [2.24, 2.45) is 4.99 Å². The Bertz CT molecular complexity index is 1500. The van der Waals surface area contributed by atoms with Gasteiger partial charge in [-0.25, -0.2) is 9.79 Å². The topological polar surface area (TPSA) is 107 Å². The van der Waals surface area contributed by atoms with Crippen LogP contribution in [0, 0.1) is 0 Å². The van der Waals surface area contributed by atoms with Crippen LogP contribution in [0.1, 0.15) is 45.7 Å². The summed E-state index contributed by atoms with van der Waals surface area (Å²) >= 11 is 0. The first-order valence-electron chi connectivity index (χ1n) is 12.6. The second-order valence-corrected chi connectivity index (χ2v) is 9.65. The largest absolute Gasteiger partial charge is 0.494 e. The van der Waals surface area contributed by atoms with Crippen molar-refractivity contribution in [1.29, 1.82) is 0 Å². The SMILES string of the molecule is COC(=O)c1ccc2c(C(=Nc3ccc(C(=O)N4C[C@@H](C)N[C@@H](C)C4)cc3)c3ccccc3)c(O)[nH]c2c1. The quantitative estimate of drug-likeness (QED) is 0.268. The van der Waals surface area contributed by atoms with Gasteiger partial charge in [-0.15, -0.1) is 0 Å². The number of rotatable bonds is 5. The minimum Gasteiger partial charge on any atom is -0.494 e. The third-order valence-electron chi connectivity index (χ3n) is 6.68. The molecule has 0 spiro atoms. The van der Waals surface area contributed by atoms with Gasteiger partial charge in [0.25, 0.3) is 5.91 Å². The molecule has 3 N–H and O–H groups in total. The van der Waals surface area contributed by atoms with Crippen LogP contribution in [0.3, 0.4) is 0 Å². The van der Waals surface area contributed by atoms with E-state index in [1.807, 2.05) is 47.4 Å². The number of aliphatic imine (C=N–C) groups is 1. The Balaban J connectivity index is 1.53. The molecule has 0 unspecified atom stereocenters. The van der Waals surface area contributed by atoms with Crippen LogP contribution in [0.4, 0.5) is 5.69 Å². The minimum absolute atomic E-state index is 0.000282. The summed E-state index contributed by atoms with van der Waals surface area (Å²) in [5.41, 5.74) is 4.10. The molecule has 2 heterocycles. The number of H-pyrrole nitrogens is 1. The molecule has 0 bridgehead atoms. The van der Waals surface area contributed by atoms with E-state index in [0.717, 1.165) is 5.56 Å². The normalized spacial score (nSPS) is 18.0. The standard InChI is InChI=1S/C30H30N4O4/c1-18-16-34(17-19(2)31-18)29(36)21-9-12-23(13-10-21)32-27(20-7-5-4-6-8-20)26-24-14-11-22(30(37)38-3)15-25(24)33-28(26)35/h4-15,18-19,31,33,35H,16-17H2,1-3H3/t18-,19+. The van der Waals surface area contributed by atoms with Gasteiger partial charge in [-0.2, -0.15) is 0 Å². The number of methoxy groups -OCH3 is 1. The number of benzene rings is 3. The summed E-state index contributed by atoms with van der Waals surface area (Å²) in [5.74, 6) is -0.517. The van der Waals surface area contributed by atoms with E-state index in [9.17, 15) is 14.7 Å². The number of nitrogens with one attached hydrogen (secondary N) is 2. The Morgan fingerprint density at radius 2 is 1.58 bits per heavy atom. The lowest BCUT2D eigenvalue weighted by Crippen LogP contribution is -2.55. The number of aromatic hydroxyl groups is 1. The highest BCUT2D eigenvalue weighted by atomic mass is 16.5. The second kappa shape index (κ2) is 10.5. The highest BCUT2D eigenvalue weighted by Gasteiger charge is 2.25. The van der Waals surface area contributed by atoms with Gasteiger partial charge in [-0.05, 0) is 50.2 Å². The number of nitrogens with zero attached hydrogens (tertiary/aromatic N) is 2. The lowest BCUT2D eigenvalue weighted by Gasteiger charge is -2.36. The van der Waals surface area contributed by atoms with E-state index in [1.54, 1.807) is 30.3 Å². The van der Waals surface area contributed by atoms with E-state index in [1.165, 1.54) is 7.11 Å². The predicted octanol–water partition coefficient (Wildman–Crippen LogP) is 4.65. The van der Waals surface area contributed by atoms with Crippen molar-refractivity contribution in [1.82, 2.24) is 15.2 Å². The molecule has 38 heavy (non-hydrogen) atoms. The fourth-order valence-electron chi connectivity index (χ4n) is 5.01. The van der Waals surface area contributed by atoms with Gasteiger partial charge in [-0.3, -0.25) is 4.79 Å². The molecule has 0 aliphatic carbocycles. The van der Waals surface area contributed by atoms with Crippen molar-refractivity contribution in [3.8, 4) is 5.88 Å². The third-order valence-corrected chi connectivity index (χ3v) is 6.68. The predicted molar refractivity (Wildman–Crippen MR) is 147 cm³/mol. The number of aromatic nitrogens is 1. The zero-order valence-corrected chi connectivity index (χ0v) is 21.6. The van der Waals surface area contributed by atoms with Crippen LogP contribution in [0.5, 0.6) is 5.88 Å². The summed E-state index contributed by atoms with van der Waals surface area (Å²) in [6.45, 7) is 5.49. The molecule has 1 aliphatic heterocycles. The van der Waals surface area contributed by atoms with Gasteiger partial charge in [0, 0.05) is 47.2 Å². The summed E-state index contributed by atoms with van der Waals surface area (Å²) in [5, 5.41) is 15.1. The molecule has 1 aliphatic rings. The average molecular weight is 511 g/mol. The number of hydrogen-bond acceptors (Lipinski definition) is 6. The van der Waals surface area contributed by atoms with Gasteiger partial charge in [0.2, 0.25) is 0 Å². The highest BCUT2D eigenvalue weighted by molar-refractivity contribution is 6.22. The Kier molecular flexibility index (Phi) is 6.98. The monoisotopic (exact) mass is 510 g/mol. The lowest BCUT2D eigenvalue weighted by atomic mass is 10.00. The van der Waals surface area contributed by atoms with Gasteiger partial charge in [0.05, 0.1) is 29.6 Å². The molecule has 5 rings (SSSR count). The lowest BCUT2D eigenvalue weighted by molar-refractivity contribution is 0.0600. The maximum atomic E-state index is 13.1. The van der Waals surface area contributed by atoms with E-state index < -0.39 is 5.97 Å². The highest BCUT2D eigenvalue weighted by Crippen LogP contribution is 2.32. The Morgan fingerprint density at radius 1 is 0.921 bits per heavy atom. The molecule has 8 heteroatoms. The number of fused-ring (bicyclic) bond motifs is 1. The molecule has 1 aromatic heterocycles. The molecule has 3 aromatic carbocycles. The smallest absolute Gasteiger partial charge is 0.337 e. The van der Waals surface area contributed by atoms with Gasteiger partial charge in [0.15, 0.2) is 5.88 Å². The maximum Gasteiger partial charge on any atom is 0.337 e. The van der Waals surface area contributed by atoms with Crippen LogP contribution >= 0.6 is 0 Å². The molecule has 2 atom stereocenters. The number of carbonyl (C=O) groups excluding carboxylic acids is 2.